The van der Waals surface area contributed by atoms with E-state index >= 15 is 0 Å². The number of nitrogen functional groups attached to an aromatic ring is 1. The summed E-state index contributed by atoms with van der Waals surface area (Å²) in [5.41, 5.74) is 6.82. The molecule has 0 aromatic carbocycles. The Morgan fingerprint density at radius 1 is 1.53 bits per heavy atom. The molecule has 0 aliphatic rings. The van der Waals surface area contributed by atoms with Crippen LogP contribution >= 0.6 is 15.9 Å². The molecular weight excluding hydrogens is 310 g/mol. The molecule has 1 amide bonds. The van der Waals surface area contributed by atoms with Gasteiger partial charge in [-0.05, 0) is 42.8 Å². The van der Waals surface area contributed by atoms with Crippen LogP contribution in [0.1, 0.15) is 20.8 Å². The molecule has 2 rings (SSSR count). The first kappa shape index (κ1) is 13.8. The standard InChI is InChI=1S/C12H16BrN5O/c1-12(2,3)17-9(19)6-18-10-8(16-11(18)14)4-7(13)5-15-10/h4-5H,6H2,1-3H3,(H2,14,16)(H,17,19). The summed E-state index contributed by atoms with van der Waals surface area (Å²) in [4.78, 5) is 20.4. The van der Waals surface area contributed by atoms with E-state index in [0.717, 1.165) is 4.47 Å². The molecule has 102 valence electrons. The smallest absolute Gasteiger partial charge is 0.240 e. The lowest BCUT2D eigenvalue weighted by molar-refractivity contribution is -0.123. The number of carbonyl (C=O) groups is 1. The summed E-state index contributed by atoms with van der Waals surface area (Å²) in [5, 5.41) is 2.88. The van der Waals surface area contributed by atoms with E-state index in [9.17, 15) is 4.79 Å². The van der Waals surface area contributed by atoms with Gasteiger partial charge in [-0.15, -0.1) is 0 Å². The predicted molar refractivity (Wildman–Crippen MR) is 77.5 cm³/mol. The fraction of sp³-hybridized carbons (Fsp3) is 0.417. The van der Waals surface area contributed by atoms with Gasteiger partial charge >= 0.3 is 0 Å². The van der Waals surface area contributed by atoms with Gasteiger partial charge in [-0.25, -0.2) is 9.97 Å². The Bertz CT molecular complexity index is 629. The van der Waals surface area contributed by atoms with E-state index in [1.807, 2.05) is 26.8 Å². The fourth-order valence-corrected chi connectivity index (χ4v) is 2.08. The number of nitrogens with one attached hydrogen (secondary N) is 1. The second-order valence-electron chi connectivity index (χ2n) is 5.35. The molecule has 2 aromatic rings. The van der Waals surface area contributed by atoms with Gasteiger partial charge in [0, 0.05) is 16.2 Å². The first-order valence-electron chi connectivity index (χ1n) is 5.84. The molecule has 0 bridgehead atoms. The molecular formula is C12H16BrN5O. The molecule has 0 radical (unpaired) electrons. The topological polar surface area (TPSA) is 85.8 Å². The molecule has 6 nitrogen and oxygen atoms in total. The number of rotatable bonds is 2. The third-order valence-electron chi connectivity index (χ3n) is 2.40. The lowest BCUT2D eigenvalue weighted by Crippen LogP contribution is -2.42. The van der Waals surface area contributed by atoms with Gasteiger partial charge in [-0.3, -0.25) is 9.36 Å². The number of hydrogen-bond donors (Lipinski definition) is 2. The zero-order chi connectivity index (χ0) is 14.2. The Balaban J connectivity index is 2.30. The number of hydrogen-bond acceptors (Lipinski definition) is 4. The van der Waals surface area contributed by atoms with Crippen LogP contribution in [0, 0.1) is 0 Å². The summed E-state index contributed by atoms with van der Waals surface area (Å²) in [6, 6.07) is 1.82. The number of fused-ring (bicyclic) bond motifs is 1. The third kappa shape index (κ3) is 3.23. The van der Waals surface area contributed by atoms with E-state index in [4.69, 9.17) is 5.73 Å². The van der Waals surface area contributed by atoms with Crippen molar-refractivity contribution in [3.63, 3.8) is 0 Å². The van der Waals surface area contributed by atoms with Crippen LogP contribution in [0.15, 0.2) is 16.7 Å². The number of anilines is 1. The number of pyridine rings is 1. The highest BCUT2D eigenvalue weighted by Crippen LogP contribution is 2.19. The lowest BCUT2D eigenvalue weighted by Gasteiger charge is -2.20. The maximum Gasteiger partial charge on any atom is 0.240 e. The monoisotopic (exact) mass is 325 g/mol. The molecule has 0 saturated heterocycles. The maximum atomic E-state index is 11.9. The molecule has 0 spiro atoms. The minimum absolute atomic E-state index is 0.105. The van der Waals surface area contributed by atoms with E-state index in [2.05, 4.69) is 31.2 Å². The highest BCUT2D eigenvalue weighted by Gasteiger charge is 2.17. The summed E-state index contributed by atoms with van der Waals surface area (Å²) >= 11 is 3.32. The van der Waals surface area contributed by atoms with Crippen LogP contribution in [-0.4, -0.2) is 26.0 Å². The number of nitrogens with zero attached hydrogens (tertiary/aromatic N) is 3. The van der Waals surface area contributed by atoms with Crippen LogP contribution in [0.3, 0.4) is 0 Å². The molecule has 0 unspecified atom stereocenters. The van der Waals surface area contributed by atoms with Gasteiger partial charge in [0.05, 0.1) is 0 Å². The van der Waals surface area contributed by atoms with Crippen molar-refractivity contribution in [2.45, 2.75) is 32.9 Å². The first-order chi connectivity index (χ1) is 8.76. The minimum Gasteiger partial charge on any atom is -0.369 e. The SMILES string of the molecule is CC(C)(C)NC(=O)Cn1c(N)nc2cc(Br)cnc21. The Labute approximate surface area is 119 Å². The zero-order valence-electron chi connectivity index (χ0n) is 11.1. The maximum absolute atomic E-state index is 11.9. The van der Waals surface area contributed by atoms with Crippen molar-refractivity contribution in [3.05, 3.63) is 16.7 Å². The second-order valence-corrected chi connectivity index (χ2v) is 6.27. The molecule has 3 N–H and O–H groups in total. The highest BCUT2D eigenvalue weighted by molar-refractivity contribution is 9.10. The molecule has 0 aliphatic heterocycles. The first-order valence-corrected chi connectivity index (χ1v) is 6.64. The van der Waals surface area contributed by atoms with Crippen LogP contribution in [0.25, 0.3) is 11.2 Å². The van der Waals surface area contributed by atoms with Gasteiger partial charge in [-0.2, -0.15) is 0 Å². The number of carbonyl (C=O) groups excluding carboxylic acids is 1. The molecule has 2 heterocycles. The van der Waals surface area contributed by atoms with Crippen molar-refractivity contribution in [1.82, 2.24) is 19.9 Å². The van der Waals surface area contributed by atoms with Gasteiger partial charge in [-0.1, -0.05) is 0 Å². The van der Waals surface area contributed by atoms with Gasteiger partial charge in [0.25, 0.3) is 0 Å². The van der Waals surface area contributed by atoms with E-state index < -0.39 is 0 Å². The van der Waals surface area contributed by atoms with E-state index in [1.165, 1.54) is 0 Å². The van der Waals surface area contributed by atoms with E-state index in [0.29, 0.717) is 11.2 Å². The minimum atomic E-state index is -0.279. The summed E-state index contributed by atoms with van der Waals surface area (Å²) < 4.78 is 2.42. The van der Waals surface area contributed by atoms with Gasteiger partial charge < -0.3 is 11.1 Å². The molecule has 19 heavy (non-hydrogen) atoms. The molecule has 0 aliphatic carbocycles. The Kier molecular flexibility index (Phi) is 3.49. The van der Waals surface area contributed by atoms with Crippen LogP contribution in [0.2, 0.25) is 0 Å². The summed E-state index contributed by atoms with van der Waals surface area (Å²) in [7, 11) is 0. The van der Waals surface area contributed by atoms with E-state index in [1.54, 1.807) is 10.8 Å². The summed E-state index contributed by atoms with van der Waals surface area (Å²) in [6.07, 6.45) is 1.65. The Morgan fingerprint density at radius 3 is 2.84 bits per heavy atom. The van der Waals surface area contributed by atoms with Crippen molar-refractivity contribution >= 4 is 38.9 Å². The number of aromatic nitrogens is 3. The molecule has 0 saturated carbocycles. The third-order valence-corrected chi connectivity index (χ3v) is 2.83. The lowest BCUT2D eigenvalue weighted by atomic mass is 10.1. The number of nitrogens with two attached hydrogens (primary N) is 1. The predicted octanol–water partition coefficient (Wildman–Crippen LogP) is 1.69. The Hall–Kier alpha value is -1.63. The van der Waals surface area contributed by atoms with Crippen LogP contribution in [-0.2, 0) is 11.3 Å². The van der Waals surface area contributed by atoms with Gasteiger partial charge in [0.15, 0.2) is 5.65 Å². The van der Waals surface area contributed by atoms with Gasteiger partial charge in [0.1, 0.15) is 12.1 Å². The molecule has 2 aromatic heterocycles. The number of halogens is 1. The van der Waals surface area contributed by atoms with Crippen LogP contribution in [0.5, 0.6) is 0 Å². The van der Waals surface area contributed by atoms with E-state index in [-0.39, 0.29) is 23.9 Å². The Morgan fingerprint density at radius 2 is 2.21 bits per heavy atom. The highest BCUT2D eigenvalue weighted by atomic mass is 79.9. The molecule has 7 heteroatoms. The number of imidazole rings is 1. The zero-order valence-corrected chi connectivity index (χ0v) is 12.7. The van der Waals surface area contributed by atoms with Crippen molar-refractivity contribution in [2.24, 2.45) is 0 Å². The molecule has 0 atom stereocenters. The average molecular weight is 326 g/mol. The number of amides is 1. The summed E-state index contributed by atoms with van der Waals surface area (Å²) in [6.45, 7) is 5.88. The van der Waals surface area contributed by atoms with Crippen LogP contribution in [0.4, 0.5) is 5.95 Å². The second kappa shape index (κ2) is 4.80. The normalized spacial score (nSPS) is 11.8. The quantitative estimate of drug-likeness (QED) is 0.879. The average Bonchev–Trinajstić information content (AvgIpc) is 2.51. The van der Waals surface area contributed by atoms with Crippen molar-refractivity contribution in [2.75, 3.05) is 5.73 Å². The van der Waals surface area contributed by atoms with Gasteiger partial charge in [0.2, 0.25) is 11.9 Å². The fourth-order valence-electron chi connectivity index (χ4n) is 1.76. The van der Waals surface area contributed by atoms with Crippen molar-refractivity contribution in [1.29, 1.82) is 0 Å². The largest absolute Gasteiger partial charge is 0.369 e. The van der Waals surface area contributed by atoms with Crippen molar-refractivity contribution < 1.29 is 4.79 Å². The van der Waals surface area contributed by atoms with Crippen LogP contribution < -0.4 is 11.1 Å². The molecule has 0 fully saturated rings. The summed E-state index contributed by atoms with van der Waals surface area (Å²) in [5.74, 6) is 0.160. The van der Waals surface area contributed by atoms with Crippen molar-refractivity contribution in [3.8, 4) is 0 Å².